The Morgan fingerprint density at radius 3 is 1.00 bits per heavy atom. The van der Waals surface area contributed by atoms with Crippen LogP contribution in [0.15, 0.2) is 0 Å². The Hall–Kier alpha value is -0.460. The molecule has 0 atom stereocenters. The molecule has 0 unspecified atom stereocenters. The number of carboxylic acid groups (broad SMARTS) is 2. The molecule has 7 heteroatoms. The van der Waals surface area contributed by atoms with Crippen molar-refractivity contribution in [2.75, 3.05) is 0 Å². The molecule has 0 aromatic rings. The summed E-state index contributed by atoms with van der Waals surface area (Å²) in [5.74, 6) is -1.99. The van der Waals surface area contributed by atoms with Gasteiger partial charge in [-0.05, 0) is 13.8 Å². The van der Waals surface area contributed by atoms with Gasteiger partial charge in [-0.25, -0.2) is 0 Å². The van der Waals surface area contributed by atoms with Crippen LogP contribution in [0.4, 0.5) is 0 Å². The molecule has 0 aliphatic carbocycles. The molecule has 0 rings (SSSR count). The quantitative estimate of drug-likeness (QED) is 0.681. The summed E-state index contributed by atoms with van der Waals surface area (Å²) in [5, 5.41) is 16.0. The average Bonchev–Trinajstić information content (AvgIpc) is 2.12. The zero-order valence-corrected chi connectivity index (χ0v) is 12.3. The number of Topliss-reactive ketones (excluding diaryl/α,β-unsaturated/α-hetero) is 2. The monoisotopic (exact) mass is 272 g/mol. The molecule has 0 aliphatic heterocycles. The fourth-order valence-electron chi connectivity index (χ4n) is 0.566. The normalized spacial score (nSPS) is 8.12. The predicted molar refractivity (Wildman–Crippen MR) is 60.9 cm³/mol. The van der Waals surface area contributed by atoms with Crippen molar-refractivity contribution in [3.05, 3.63) is 0 Å². The van der Waals surface area contributed by atoms with Crippen LogP contribution in [-0.4, -0.2) is 71.5 Å². The molecule has 0 bridgehead atoms. The molecule has 0 aromatic heterocycles. The first-order valence-electron chi connectivity index (χ1n) is 4.68. The summed E-state index contributed by atoms with van der Waals surface area (Å²) < 4.78 is 0. The van der Waals surface area contributed by atoms with Gasteiger partial charge in [0.15, 0.2) is 0 Å². The summed E-state index contributed by atoms with van der Waals surface area (Å²) in [6, 6.07) is 0. The van der Waals surface area contributed by atoms with Crippen molar-refractivity contribution >= 4 is 61.2 Å². The number of ketones is 2. The number of hydrogen-bond donors (Lipinski definition) is 2. The molecule has 0 amide bonds. The van der Waals surface area contributed by atoms with Crippen LogP contribution in [0.3, 0.4) is 0 Å². The maximum atomic E-state index is 10.1. The first-order valence-corrected chi connectivity index (χ1v) is 4.68. The number of aliphatic carboxylic acids is 2. The van der Waals surface area contributed by atoms with Gasteiger partial charge in [0.25, 0.3) is 0 Å². The third-order valence-electron chi connectivity index (χ3n) is 1.38. The molecular formula is C10H16CaO6. The predicted octanol–water partition coefficient (Wildman–Crippen LogP) is 0.500. The Balaban J connectivity index is -0.000000218. The van der Waals surface area contributed by atoms with Crippen LogP contribution in [0.2, 0.25) is 0 Å². The average molecular weight is 272 g/mol. The minimum absolute atomic E-state index is 0. The molecule has 0 spiro atoms. The van der Waals surface area contributed by atoms with Crippen molar-refractivity contribution in [3.8, 4) is 0 Å². The number of carboxylic acids is 2. The van der Waals surface area contributed by atoms with E-state index in [1.807, 2.05) is 0 Å². The second-order valence-corrected chi connectivity index (χ2v) is 3.19. The summed E-state index contributed by atoms with van der Waals surface area (Å²) in [6.07, 6.45) is 0.204. The van der Waals surface area contributed by atoms with Gasteiger partial charge in [0.05, 0.1) is 12.8 Å². The van der Waals surface area contributed by atoms with Gasteiger partial charge in [-0.15, -0.1) is 0 Å². The van der Waals surface area contributed by atoms with Crippen LogP contribution in [0.1, 0.15) is 39.5 Å². The van der Waals surface area contributed by atoms with E-state index >= 15 is 0 Å². The molecule has 0 saturated heterocycles. The number of hydrogen-bond acceptors (Lipinski definition) is 4. The molecule has 0 aromatic carbocycles. The van der Waals surface area contributed by atoms with Gasteiger partial charge in [0.2, 0.25) is 0 Å². The van der Waals surface area contributed by atoms with Gasteiger partial charge < -0.3 is 19.8 Å². The Bertz CT molecular complexity index is 218. The van der Waals surface area contributed by atoms with Crippen molar-refractivity contribution in [3.63, 3.8) is 0 Å². The van der Waals surface area contributed by atoms with E-state index in [-0.39, 0.29) is 75.0 Å². The Morgan fingerprint density at radius 2 is 0.941 bits per heavy atom. The Morgan fingerprint density at radius 1 is 0.706 bits per heavy atom. The summed E-state index contributed by atoms with van der Waals surface area (Å²) in [4.78, 5) is 39.7. The molecule has 0 aliphatic rings. The summed E-state index contributed by atoms with van der Waals surface area (Å²) >= 11 is 0. The van der Waals surface area contributed by atoms with E-state index in [1.165, 1.54) is 13.8 Å². The van der Waals surface area contributed by atoms with Crippen molar-refractivity contribution in [1.82, 2.24) is 0 Å². The molecule has 2 N–H and O–H groups in total. The topological polar surface area (TPSA) is 109 Å². The van der Waals surface area contributed by atoms with E-state index in [0.29, 0.717) is 0 Å². The number of carbonyl (C=O) groups excluding carboxylic acids is 2. The van der Waals surface area contributed by atoms with Crippen LogP contribution in [0, 0.1) is 0 Å². The van der Waals surface area contributed by atoms with E-state index < -0.39 is 11.9 Å². The molecule has 0 saturated carbocycles. The molecule has 17 heavy (non-hydrogen) atoms. The van der Waals surface area contributed by atoms with Crippen molar-refractivity contribution < 1.29 is 29.4 Å². The summed E-state index contributed by atoms with van der Waals surface area (Å²) in [5.41, 5.74) is 0. The van der Waals surface area contributed by atoms with Crippen molar-refractivity contribution in [2.24, 2.45) is 0 Å². The SMILES string of the molecule is CC(=O)CCC(=O)O.CC(=O)CCC(=O)O.[Ca]. The van der Waals surface area contributed by atoms with Crippen LogP contribution in [-0.2, 0) is 19.2 Å². The van der Waals surface area contributed by atoms with Gasteiger partial charge in [0, 0.05) is 50.6 Å². The fourth-order valence-corrected chi connectivity index (χ4v) is 0.566. The zero-order valence-electron chi connectivity index (χ0n) is 10.1. The van der Waals surface area contributed by atoms with Crippen LogP contribution >= 0.6 is 0 Å². The molecule has 0 heterocycles. The molecular weight excluding hydrogens is 256 g/mol. The first kappa shape index (κ1) is 21.8. The standard InChI is InChI=1S/2C5H8O3.Ca/c2*1-4(6)2-3-5(7)8;/h2*2-3H2,1H3,(H,7,8);. The minimum Gasteiger partial charge on any atom is -0.481 e. The second-order valence-electron chi connectivity index (χ2n) is 3.19. The third-order valence-corrected chi connectivity index (χ3v) is 1.38. The van der Waals surface area contributed by atoms with Gasteiger partial charge >= 0.3 is 11.9 Å². The Labute approximate surface area is 129 Å². The fraction of sp³-hybridized carbons (Fsp3) is 0.600. The number of carbonyl (C=O) groups is 4. The van der Waals surface area contributed by atoms with Crippen LogP contribution in [0.5, 0.6) is 0 Å². The zero-order chi connectivity index (χ0) is 13.1. The molecule has 0 fully saturated rings. The van der Waals surface area contributed by atoms with E-state index in [1.54, 1.807) is 0 Å². The van der Waals surface area contributed by atoms with Gasteiger partial charge in [0.1, 0.15) is 11.6 Å². The van der Waals surface area contributed by atoms with E-state index in [2.05, 4.69) is 0 Å². The largest absolute Gasteiger partial charge is 0.481 e. The van der Waals surface area contributed by atoms with Gasteiger partial charge in [-0.3, -0.25) is 9.59 Å². The Kier molecular flexibility index (Phi) is 17.4. The first-order chi connectivity index (χ1) is 7.25. The summed E-state index contributed by atoms with van der Waals surface area (Å²) in [6.45, 7) is 2.76. The smallest absolute Gasteiger partial charge is 0.303 e. The van der Waals surface area contributed by atoms with E-state index in [9.17, 15) is 19.2 Å². The maximum Gasteiger partial charge on any atom is 0.303 e. The minimum atomic E-state index is -0.916. The maximum absolute atomic E-state index is 10.1. The molecule has 94 valence electrons. The van der Waals surface area contributed by atoms with Crippen molar-refractivity contribution in [2.45, 2.75) is 39.5 Å². The van der Waals surface area contributed by atoms with Crippen LogP contribution < -0.4 is 0 Å². The molecule has 6 nitrogen and oxygen atoms in total. The van der Waals surface area contributed by atoms with Crippen LogP contribution in [0.25, 0.3) is 0 Å². The second kappa shape index (κ2) is 13.6. The third kappa shape index (κ3) is 31.3. The summed E-state index contributed by atoms with van der Waals surface area (Å²) in [7, 11) is 0. The van der Waals surface area contributed by atoms with Gasteiger partial charge in [-0.1, -0.05) is 0 Å². The van der Waals surface area contributed by atoms with Crippen molar-refractivity contribution in [1.29, 1.82) is 0 Å². The number of rotatable bonds is 6. The van der Waals surface area contributed by atoms with E-state index in [4.69, 9.17) is 10.2 Å². The van der Waals surface area contributed by atoms with Gasteiger partial charge in [-0.2, -0.15) is 0 Å². The van der Waals surface area contributed by atoms with E-state index in [0.717, 1.165) is 0 Å². The molecule has 2 radical (unpaired) electrons.